The molecular weight excluding hydrogens is 246 g/mol. The number of hydrogen-bond acceptors (Lipinski definition) is 5. The molecule has 0 radical (unpaired) electrons. The fraction of sp³-hybridized carbons (Fsp3) is 0.308. The van der Waals surface area contributed by atoms with Crippen molar-refractivity contribution in [3.63, 3.8) is 0 Å². The molecule has 0 aliphatic carbocycles. The fourth-order valence-corrected chi connectivity index (χ4v) is 1.89. The Bertz CT molecular complexity index is 464. The average Bonchev–Trinajstić information content (AvgIpc) is 2.43. The molecule has 1 aromatic carbocycles. The van der Waals surface area contributed by atoms with Crippen LogP contribution in [0.1, 0.15) is 18.0 Å². The van der Waals surface area contributed by atoms with Crippen LogP contribution >= 0.6 is 0 Å². The summed E-state index contributed by atoms with van der Waals surface area (Å²) in [6.45, 7) is 4.11. The van der Waals surface area contributed by atoms with Crippen molar-refractivity contribution < 1.29 is 14.7 Å². The predicted octanol–water partition coefficient (Wildman–Crippen LogP) is 1.21. The van der Waals surface area contributed by atoms with Gasteiger partial charge in [-0.15, -0.1) is 6.58 Å². The number of aliphatic carboxylic acids is 1. The minimum atomic E-state index is -1.01. The molecule has 6 heteroatoms. The van der Waals surface area contributed by atoms with Gasteiger partial charge in [0.2, 0.25) is 0 Å². The zero-order chi connectivity index (χ0) is 13.7. The Balaban J connectivity index is 2.00. The zero-order valence-corrected chi connectivity index (χ0v) is 10.4. The molecule has 0 fully saturated rings. The molecule has 0 bridgehead atoms. The maximum absolute atomic E-state index is 11.0. The number of hydroxylamine groups is 1. The smallest absolute Gasteiger partial charge is 0.335 e. The number of carbonyl (C=O) groups is 1. The molecular formula is C13H17N3O3. The minimum Gasteiger partial charge on any atom is -0.479 e. The van der Waals surface area contributed by atoms with E-state index in [1.807, 2.05) is 24.3 Å². The van der Waals surface area contributed by atoms with Crippen molar-refractivity contribution in [1.82, 2.24) is 10.9 Å². The highest BCUT2D eigenvalue weighted by Crippen LogP contribution is 2.25. The number of fused-ring (bicyclic) bond motifs is 1. The SMILES string of the molecule is C=CCC(ONC1CNNc2ccccc21)C(=O)O. The predicted molar refractivity (Wildman–Crippen MR) is 71.3 cm³/mol. The van der Waals surface area contributed by atoms with Crippen molar-refractivity contribution in [1.29, 1.82) is 0 Å². The summed E-state index contributed by atoms with van der Waals surface area (Å²) in [5.74, 6) is -1.01. The van der Waals surface area contributed by atoms with E-state index in [1.54, 1.807) is 0 Å². The van der Waals surface area contributed by atoms with Gasteiger partial charge in [0.25, 0.3) is 0 Å². The van der Waals surface area contributed by atoms with Crippen molar-refractivity contribution in [3.8, 4) is 0 Å². The summed E-state index contributed by atoms with van der Waals surface area (Å²) < 4.78 is 0. The Morgan fingerprint density at radius 1 is 1.63 bits per heavy atom. The lowest BCUT2D eigenvalue weighted by molar-refractivity contribution is -0.157. The monoisotopic (exact) mass is 263 g/mol. The minimum absolute atomic E-state index is 0.107. The topological polar surface area (TPSA) is 82.6 Å². The third-order valence-electron chi connectivity index (χ3n) is 2.87. The summed E-state index contributed by atoms with van der Waals surface area (Å²) in [4.78, 5) is 16.2. The number of nitrogens with one attached hydrogen (secondary N) is 3. The van der Waals surface area contributed by atoms with Crippen LogP contribution in [0.15, 0.2) is 36.9 Å². The lowest BCUT2D eigenvalue weighted by Gasteiger charge is -2.28. The molecule has 0 saturated heterocycles. The Kier molecular flexibility index (Phi) is 4.51. The molecule has 6 nitrogen and oxygen atoms in total. The fourth-order valence-electron chi connectivity index (χ4n) is 1.89. The first kappa shape index (κ1) is 13.5. The van der Waals surface area contributed by atoms with Crippen LogP contribution in [0.2, 0.25) is 0 Å². The highest BCUT2D eigenvalue weighted by Gasteiger charge is 2.23. The second-order valence-electron chi connectivity index (χ2n) is 4.23. The van der Waals surface area contributed by atoms with E-state index in [1.165, 1.54) is 6.08 Å². The van der Waals surface area contributed by atoms with Crippen LogP contribution in [0.5, 0.6) is 0 Å². The molecule has 2 unspecified atom stereocenters. The first-order valence-electron chi connectivity index (χ1n) is 6.05. The van der Waals surface area contributed by atoms with Crippen LogP contribution in [-0.4, -0.2) is 23.7 Å². The van der Waals surface area contributed by atoms with Gasteiger partial charge in [0.1, 0.15) is 0 Å². The summed E-state index contributed by atoms with van der Waals surface area (Å²) in [6.07, 6.45) is 0.844. The number of rotatable bonds is 6. The van der Waals surface area contributed by atoms with Crippen LogP contribution < -0.4 is 16.3 Å². The van der Waals surface area contributed by atoms with E-state index in [-0.39, 0.29) is 12.5 Å². The number of anilines is 1. The number of benzene rings is 1. The van der Waals surface area contributed by atoms with Crippen LogP contribution in [0.3, 0.4) is 0 Å². The van der Waals surface area contributed by atoms with Gasteiger partial charge in [0.05, 0.1) is 11.7 Å². The molecule has 1 aliphatic heterocycles. The summed E-state index contributed by atoms with van der Waals surface area (Å²) in [6, 6.07) is 7.65. The first-order valence-corrected chi connectivity index (χ1v) is 6.05. The van der Waals surface area contributed by atoms with Crippen LogP contribution in [0.25, 0.3) is 0 Å². The van der Waals surface area contributed by atoms with Gasteiger partial charge in [-0.1, -0.05) is 24.3 Å². The van der Waals surface area contributed by atoms with Gasteiger partial charge >= 0.3 is 5.97 Å². The normalized spacial score (nSPS) is 19.1. The quantitative estimate of drug-likeness (QED) is 0.456. The van der Waals surface area contributed by atoms with Crippen LogP contribution in [0.4, 0.5) is 5.69 Å². The molecule has 1 aliphatic rings. The average molecular weight is 263 g/mol. The number of carboxylic acids is 1. The van der Waals surface area contributed by atoms with E-state index < -0.39 is 12.1 Å². The van der Waals surface area contributed by atoms with Crippen LogP contribution in [0, 0.1) is 0 Å². The second-order valence-corrected chi connectivity index (χ2v) is 4.23. The third-order valence-corrected chi connectivity index (χ3v) is 2.87. The van der Waals surface area contributed by atoms with Gasteiger partial charge in [-0.05, 0) is 11.6 Å². The lowest BCUT2D eigenvalue weighted by atomic mass is 10.0. The summed E-state index contributed by atoms with van der Waals surface area (Å²) in [7, 11) is 0. The highest BCUT2D eigenvalue weighted by atomic mass is 16.7. The Morgan fingerprint density at radius 3 is 3.16 bits per heavy atom. The molecule has 1 heterocycles. The van der Waals surface area contributed by atoms with E-state index in [4.69, 9.17) is 9.94 Å². The molecule has 1 aromatic rings. The maximum Gasteiger partial charge on any atom is 0.335 e. The van der Waals surface area contributed by atoms with Crippen molar-refractivity contribution >= 4 is 11.7 Å². The molecule has 0 spiro atoms. The van der Waals surface area contributed by atoms with E-state index in [0.717, 1.165) is 11.3 Å². The highest BCUT2D eigenvalue weighted by molar-refractivity contribution is 5.72. The largest absolute Gasteiger partial charge is 0.479 e. The molecule has 0 saturated carbocycles. The number of carboxylic acid groups (broad SMARTS) is 1. The Hall–Kier alpha value is -1.89. The molecule has 2 atom stereocenters. The Morgan fingerprint density at radius 2 is 2.42 bits per heavy atom. The van der Waals surface area contributed by atoms with Gasteiger partial charge in [-0.3, -0.25) is 4.84 Å². The Labute approximate surface area is 111 Å². The van der Waals surface area contributed by atoms with E-state index >= 15 is 0 Å². The molecule has 0 amide bonds. The van der Waals surface area contributed by atoms with Crippen molar-refractivity contribution in [2.75, 3.05) is 12.0 Å². The first-order chi connectivity index (χ1) is 9.22. The second kappa shape index (κ2) is 6.33. The van der Waals surface area contributed by atoms with E-state index in [9.17, 15) is 4.79 Å². The molecule has 4 N–H and O–H groups in total. The summed E-state index contributed by atoms with van der Waals surface area (Å²) >= 11 is 0. The number of hydrazine groups is 1. The van der Waals surface area contributed by atoms with Gasteiger partial charge in [0.15, 0.2) is 6.10 Å². The molecule has 2 rings (SSSR count). The van der Waals surface area contributed by atoms with E-state index in [2.05, 4.69) is 22.9 Å². The lowest BCUT2D eigenvalue weighted by Crippen LogP contribution is -2.41. The van der Waals surface area contributed by atoms with Gasteiger partial charge in [0, 0.05) is 13.0 Å². The van der Waals surface area contributed by atoms with Gasteiger partial charge in [-0.25, -0.2) is 10.2 Å². The molecule has 102 valence electrons. The van der Waals surface area contributed by atoms with Crippen molar-refractivity contribution in [2.45, 2.75) is 18.6 Å². The van der Waals surface area contributed by atoms with Crippen molar-refractivity contribution in [3.05, 3.63) is 42.5 Å². The van der Waals surface area contributed by atoms with Crippen LogP contribution in [-0.2, 0) is 9.63 Å². The maximum atomic E-state index is 11.0. The molecule has 19 heavy (non-hydrogen) atoms. The van der Waals surface area contributed by atoms with E-state index in [0.29, 0.717) is 6.54 Å². The standard InChI is InChI=1S/C13H17N3O3/c1-2-5-12(13(17)18)19-16-11-8-14-15-10-7-4-3-6-9(10)11/h2-4,6-7,11-12,14-16H,1,5,8H2,(H,17,18). The summed E-state index contributed by atoms with van der Waals surface area (Å²) in [5.41, 5.74) is 10.9. The number of para-hydroxylation sites is 1. The molecule has 0 aromatic heterocycles. The van der Waals surface area contributed by atoms with Gasteiger partial charge < -0.3 is 10.5 Å². The third kappa shape index (κ3) is 3.31. The summed E-state index contributed by atoms with van der Waals surface area (Å²) in [5, 5.41) is 8.99. The number of hydrogen-bond donors (Lipinski definition) is 4. The zero-order valence-electron chi connectivity index (χ0n) is 10.4. The van der Waals surface area contributed by atoms with Gasteiger partial charge in [-0.2, -0.15) is 5.48 Å². The van der Waals surface area contributed by atoms with Crippen molar-refractivity contribution in [2.24, 2.45) is 0 Å².